The van der Waals surface area contributed by atoms with Crippen molar-refractivity contribution in [3.05, 3.63) is 0 Å². The minimum absolute atomic E-state index is 0.0809. The molecule has 54 heavy (non-hydrogen) atoms. The highest BCUT2D eigenvalue weighted by Crippen LogP contribution is 2.04. The second-order valence-electron chi connectivity index (χ2n) is 11.4. The first-order chi connectivity index (χ1) is 26.1. The summed E-state index contributed by atoms with van der Waals surface area (Å²) in [5.74, 6) is -3.81. The summed E-state index contributed by atoms with van der Waals surface area (Å²) in [6.45, 7) is 8.73. The summed E-state index contributed by atoms with van der Waals surface area (Å²) in [7, 11) is 0. The van der Waals surface area contributed by atoms with Gasteiger partial charge in [0.15, 0.2) is 0 Å². The molecule has 4 amide bonds. The van der Waals surface area contributed by atoms with E-state index in [4.69, 9.17) is 48.1 Å². The quantitative estimate of drug-likeness (QED) is 0.0377. The first-order valence-electron chi connectivity index (χ1n) is 18.4. The lowest BCUT2D eigenvalue weighted by Gasteiger charge is -2.18. The molecule has 0 aromatic heterocycles. The van der Waals surface area contributed by atoms with Crippen LogP contribution in [0.4, 0.5) is 9.59 Å². The highest BCUT2D eigenvalue weighted by Gasteiger charge is 2.24. The van der Waals surface area contributed by atoms with Crippen LogP contribution in [0.5, 0.6) is 0 Å². The summed E-state index contributed by atoms with van der Waals surface area (Å²) < 4.78 is 41.9. The summed E-state index contributed by atoms with van der Waals surface area (Å²) in [6, 6.07) is -3.62. The van der Waals surface area contributed by atoms with E-state index in [0.717, 1.165) is 0 Å². The van der Waals surface area contributed by atoms with Crippen LogP contribution in [0, 0.1) is 0 Å². The molecule has 20 nitrogen and oxygen atoms in total. The van der Waals surface area contributed by atoms with Gasteiger partial charge in [-0.2, -0.15) is 0 Å². The van der Waals surface area contributed by atoms with Crippen molar-refractivity contribution < 1.29 is 76.9 Å². The maximum absolute atomic E-state index is 12.5. The highest BCUT2D eigenvalue weighted by atomic mass is 16.6. The molecule has 0 saturated heterocycles. The summed E-state index contributed by atoms with van der Waals surface area (Å²) in [4.78, 5) is 71.7. The van der Waals surface area contributed by atoms with Gasteiger partial charge in [0.1, 0.15) is 25.3 Å². The van der Waals surface area contributed by atoms with Gasteiger partial charge in [-0.3, -0.25) is 9.59 Å². The van der Waals surface area contributed by atoms with E-state index in [2.05, 4.69) is 21.3 Å². The minimum atomic E-state index is -1.16. The monoisotopic (exact) mass is 782 g/mol. The lowest BCUT2D eigenvalue weighted by atomic mass is 10.1. The standard InChI is InChI=1S/C34H62N4O16/c1-3-47-15-17-49-19-21-51-23-25-53-31(43)27(9-11-29(39)40)37-33(45)35-13-7-5-6-8-14-36-34(46)38-28(10-12-30(41)42)32(44)54-26-24-52-22-20-50-18-16-48-4-2/h27-28H,3-26H2,1-2H3,(H,39,40)(H,41,42)(H2,35,37,45)(H2,36,38,46)/t27-,28-/m0/s1. The molecule has 0 aliphatic carbocycles. The number of esters is 2. The molecule has 0 bridgehead atoms. The molecule has 0 aromatic carbocycles. The van der Waals surface area contributed by atoms with Crippen molar-refractivity contribution in [3.8, 4) is 0 Å². The number of urea groups is 2. The Morgan fingerprint density at radius 1 is 0.463 bits per heavy atom. The van der Waals surface area contributed by atoms with Gasteiger partial charge in [0.25, 0.3) is 0 Å². The van der Waals surface area contributed by atoms with E-state index in [0.29, 0.717) is 91.8 Å². The van der Waals surface area contributed by atoms with Crippen molar-refractivity contribution in [1.29, 1.82) is 0 Å². The predicted molar refractivity (Wildman–Crippen MR) is 191 cm³/mol. The van der Waals surface area contributed by atoms with Gasteiger partial charge >= 0.3 is 35.9 Å². The number of nitrogens with one attached hydrogen (secondary N) is 4. The van der Waals surface area contributed by atoms with Gasteiger partial charge < -0.3 is 69.4 Å². The smallest absolute Gasteiger partial charge is 0.328 e. The number of carbonyl (C=O) groups is 6. The molecule has 0 aliphatic heterocycles. The Hall–Kier alpha value is -3.82. The van der Waals surface area contributed by atoms with Crippen LogP contribution in [0.25, 0.3) is 0 Å². The molecular formula is C34H62N4O16. The Balaban J connectivity index is 4.26. The van der Waals surface area contributed by atoms with Crippen molar-refractivity contribution in [2.75, 3.05) is 106 Å². The zero-order chi connectivity index (χ0) is 40.1. The third kappa shape index (κ3) is 32.8. The number of hydrogen-bond acceptors (Lipinski definition) is 14. The molecule has 0 unspecified atom stereocenters. The average Bonchev–Trinajstić information content (AvgIpc) is 3.13. The van der Waals surface area contributed by atoms with Gasteiger partial charge in [-0.05, 0) is 39.5 Å². The van der Waals surface area contributed by atoms with Crippen molar-refractivity contribution in [2.24, 2.45) is 0 Å². The van der Waals surface area contributed by atoms with Crippen LogP contribution < -0.4 is 21.3 Å². The van der Waals surface area contributed by atoms with E-state index in [9.17, 15) is 28.8 Å². The van der Waals surface area contributed by atoms with Crippen LogP contribution in [0.1, 0.15) is 65.2 Å². The molecular weight excluding hydrogens is 720 g/mol. The van der Waals surface area contributed by atoms with Gasteiger partial charge in [0, 0.05) is 39.1 Å². The first-order valence-corrected chi connectivity index (χ1v) is 18.4. The molecule has 314 valence electrons. The van der Waals surface area contributed by atoms with Crippen LogP contribution in [-0.4, -0.2) is 164 Å². The highest BCUT2D eigenvalue weighted by molar-refractivity contribution is 5.84. The Morgan fingerprint density at radius 3 is 1.09 bits per heavy atom. The van der Waals surface area contributed by atoms with Crippen LogP contribution in [0.3, 0.4) is 0 Å². The van der Waals surface area contributed by atoms with Gasteiger partial charge in [0.05, 0.1) is 66.1 Å². The van der Waals surface area contributed by atoms with Crippen LogP contribution in [0.2, 0.25) is 0 Å². The van der Waals surface area contributed by atoms with E-state index >= 15 is 0 Å². The normalized spacial score (nSPS) is 12.0. The van der Waals surface area contributed by atoms with E-state index < -0.39 is 48.0 Å². The number of aliphatic carboxylic acids is 2. The van der Waals surface area contributed by atoms with Crippen molar-refractivity contribution in [3.63, 3.8) is 0 Å². The maximum Gasteiger partial charge on any atom is 0.328 e. The second kappa shape index (κ2) is 36.2. The van der Waals surface area contributed by atoms with Crippen LogP contribution >= 0.6 is 0 Å². The lowest BCUT2D eigenvalue weighted by molar-refractivity contribution is -0.149. The second-order valence-corrected chi connectivity index (χ2v) is 11.4. The van der Waals surface area contributed by atoms with Gasteiger partial charge in [0.2, 0.25) is 0 Å². The third-order valence-electron chi connectivity index (χ3n) is 6.99. The van der Waals surface area contributed by atoms with Crippen LogP contribution in [0.15, 0.2) is 0 Å². The number of carbonyl (C=O) groups excluding carboxylic acids is 4. The molecule has 6 N–H and O–H groups in total. The topological polar surface area (TPSA) is 265 Å². The van der Waals surface area contributed by atoms with Crippen molar-refractivity contribution >= 4 is 35.9 Å². The van der Waals surface area contributed by atoms with E-state index in [1.807, 2.05) is 13.8 Å². The molecule has 0 rings (SSSR count). The average molecular weight is 783 g/mol. The molecule has 0 aliphatic rings. The largest absolute Gasteiger partial charge is 0.481 e. The zero-order valence-corrected chi connectivity index (χ0v) is 31.7. The van der Waals surface area contributed by atoms with E-state index in [1.54, 1.807) is 0 Å². The fourth-order valence-electron chi connectivity index (χ4n) is 4.23. The van der Waals surface area contributed by atoms with Gasteiger partial charge in [-0.1, -0.05) is 12.8 Å². The number of hydrogen-bond donors (Lipinski definition) is 6. The lowest BCUT2D eigenvalue weighted by Crippen LogP contribution is -2.47. The number of carboxylic acids is 2. The summed E-state index contributed by atoms with van der Waals surface area (Å²) in [5, 5.41) is 28.2. The number of carboxylic acid groups (broad SMARTS) is 2. The molecule has 0 heterocycles. The fraction of sp³-hybridized carbons (Fsp3) is 0.824. The Morgan fingerprint density at radius 2 is 0.778 bits per heavy atom. The molecule has 20 heteroatoms. The number of amides is 4. The van der Waals surface area contributed by atoms with Crippen LogP contribution in [-0.2, 0) is 57.1 Å². The molecule has 0 saturated carbocycles. The summed E-state index contributed by atoms with van der Waals surface area (Å²) >= 11 is 0. The fourth-order valence-corrected chi connectivity index (χ4v) is 4.23. The molecule has 0 fully saturated rings. The summed E-state index contributed by atoms with van der Waals surface area (Å²) in [5.41, 5.74) is 0. The number of ether oxygens (including phenoxy) is 8. The number of rotatable bonds is 37. The van der Waals surface area contributed by atoms with Gasteiger partial charge in [-0.15, -0.1) is 0 Å². The van der Waals surface area contributed by atoms with E-state index in [-0.39, 0.29) is 65.2 Å². The maximum atomic E-state index is 12.5. The Kier molecular flexibility index (Phi) is 33.6. The molecule has 0 radical (unpaired) electrons. The predicted octanol–water partition coefficient (Wildman–Crippen LogP) is 0.838. The van der Waals surface area contributed by atoms with Crippen molar-refractivity contribution in [1.82, 2.24) is 21.3 Å². The van der Waals surface area contributed by atoms with Gasteiger partial charge in [-0.25, -0.2) is 19.2 Å². The van der Waals surface area contributed by atoms with Crippen molar-refractivity contribution in [2.45, 2.75) is 77.3 Å². The SMILES string of the molecule is CCOCCOCCOCCOC(=O)[C@H](CCC(=O)O)NC(=O)NCCCCCCNC(=O)N[C@@H](CCC(=O)O)C(=O)OCCOCCOCCOCC. The zero-order valence-electron chi connectivity index (χ0n) is 31.7. The minimum Gasteiger partial charge on any atom is -0.481 e. The third-order valence-corrected chi connectivity index (χ3v) is 6.99. The Bertz CT molecular complexity index is 944. The Labute approximate surface area is 316 Å². The first kappa shape index (κ1) is 50.2. The molecule has 0 aromatic rings. The number of unbranched alkanes of at least 4 members (excludes halogenated alkanes) is 3. The van der Waals surface area contributed by atoms with E-state index in [1.165, 1.54) is 0 Å². The summed E-state index contributed by atoms with van der Waals surface area (Å²) in [6.07, 6.45) is 1.56. The molecule has 0 spiro atoms. The molecule has 2 atom stereocenters.